The lowest BCUT2D eigenvalue weighted by molar-refractivity contribution is 0.248. The molecule has 0 spiro atoms. The first-order chi connectivity index (χ1) is 11.7. The highest BCUT2D eigenvalue weighted by Gasteiger charge is 2.30. The van der Waals surface area contributed by atoms with E-state index in [1.165, 1.54) is 6.42 Å². The van der Waals surface area contributed by atoms with Crippen molar-refractivity contribution < 1.29 is 4.79 Å². The lowest BCUT2D eigenvalue weighted by Crippen LogP contribution is -2.43. The van der Waals surface area contributed by atoms with Gasteiger partial charge in [-0.3, -0.25) is 15.1 Å². The number of urea groups is 1. The maximum atomic E-state index is 12.7. The molecule has 1 aromatic carbocycles. The Labute approximate surface area is 139 Å². The number of aromatic nitrogens is 2. The van der Waals surface area contributed by atoms with E-state index in [1.807, 2.05) is 30.3 Å². The summed E-state index contributed by atoms with van der Waals surface area (Å²) >= 11 is 0. The zero-order chi connectivity index (χ0) is 16.5. The van der Waals surface area contributed by atoms with Gasteiger partial charge in [0, 0.05) is 13.1 Å². The summed E-state index contributed by atoms with van der Waals surface area (Å²) in [7, 11) is 0. The van der Waals surface area contributed by atoms with Crippen molar-refractivity contribution in [3.05, 3.63) is 51.8 Å². The molecule has 24 heavy (non-hydrogen) atoms. The number of benzene rings is 1. The molecule has 1 saturated heterocycles. The number of H-pyrrole nitrogens is 1. The maximum Gasteiger partial charge on any atom is 0.321 e. The number of hydrogen-bond acceptors (Lipinski definition) is 4. The largest absolute Gasteiger partial charge is 0.342 e. The summed E-state index contributed by atoms with van der Waals surface area (Å²) in [5.74, 6) is 0.879. The smallest absolute Gasteiger partial charge is 0.321 e. The van der Waals surface area contributed by atoms with Crippen molar-refractivity contribution in [3.63, 3.8) is 0 Å². The Morgan fingerprint density at radius 1 is 1.04 bits per heavy atom. The number of amides is 2. The highest BCUT2D eigenvalue weighted by molar-refractivity contribution is 5.92. The first-order valence-corrected chi connectivity index (χ1v) is 8.24. The predicted molar refractivity (Wildman–Crippen MR) is 91.4 cm³/mol. The van der Waals surface area contributed by atoms with E-state index in [4.69, 9.17) is 0 Å². The molecule has 2 aliphatic heterocycles. The number of carbonyl (C=O) groups excluding carboxylic acids is 1. The van der Waals surface area contributed by atoms with Gasteiger partial charge in [-0.2, -0.15) is 4.98 Å². The molecular formula is C17H19N5O2. The van der Waals surface area contributed by atoms with E-state index in [1.54, 1.807) is 0 Å². The Morgan fingerprint density at radius 3 is 2.54 bits per heavy atom. The van der Waals surface area contributed by atoms with Crippen LogP contribution >= 0.6 is 0 Å². The van der Waals surface area contributed by atoms with Crippen LogP contribution in [-0.4, -0.2) is 29.1 Å². The van der Waals surface area contributed by atoms with Gasteiger partial charge in [0.15, 0.2) is 0 Å². The first kappa shape index (κ1) is 14.7. The lowest BCUT2D eigenvalue weighted by Gasteiger charge is -2.30. The van der Waals surface area contributed by atoms with E-state index < -0.39 is 6.04 Å². The van der Waals surface area contributed by atoms with Crippen molar-refractivity contribution in [1.82, 2.24) is 15.3 Å². The summed E-state index contributed by atoms with van der Waals surface area (Å²) in [4.78, 5) is 34.2. The Hall–Kier alpha value is -2.83. The van der Waals surface area contributed by atoms with E-state index in [0.717, 1.165) is 31.5 Å². The van der Waals surface area contributed by atoms with Crippen LogP contribution in [0.2, 0.25) is 0 Å². The zero-order valence-corrected chi connectivity index (χ0v) is 13.2. The lowest BCUT2D eigenvalue weighted by atomic mass is 9.99. The fourth-order valence-electron chi connectivity index (χ4n) is 3.33. The molecule has 0 bridgehead atoms. The molecule has 3 N–H and O–H groups in total. The number of nitrogens with zero attached hydrogens (tertiary/aromatic N) is 2. The standard InChI is InChI=1S/C17H19N5O2/c23-15-12-13(11-7-3-1-4-8-11)18-17(24)20-14(12)19-16(21-15)22-9-5-2-6-10-22/h1,3-4,7-8,13H,2,5-6,9-10H2,(H3,18,19,20,21,23,24). The molecule has 1 unspecified atom stereocenters. The first-order valence-electron chi connectivity index (χ1n) is 8.24. The Bertz CT molecular complexity index is 811. The van der Waals surface area contributed by atoms with Crippen LogP contribution < -0.4 is 21.1 Å². The Kier molecular flexibility index (Phi) is 3.68. The number of hydrogen-bond donors (Lipinski definition) is 3. The molecule has 1 atom stereocenters. The predicted octanol–water partition coefficient (Wildman–Crippen LogP) is 1.98. The van der Waals surface area contributed by atoms with E-state index in [9.17, 15) is 9.59 Å². The number of fused-ring (bicyclic) bond motifs is 1. The summed E-state index contributed by atoms with van der Waals surface area (Å²) in [5.41, 5.74) is 1.08. The zero-order valence-electron chi connectivity index (χ0n) is 13.2. The molecule has 7 nitrogen and oxygen atoms in total. The van der Waals surface area contributed by atoms with Gasteiger partial charge in [0.25, 0.3) is 5.56 Å². The molecule has 0 radical (unpaired) electrons. The van der Waals surface area contributed by atoms with Crippen molar-refractivity contribution in [2.24, 2.45) is 0 Å². The molecule has 2 aromatic rings. The van der Waals surface area contributed by atoms with E-state index in [0.29, 0.717) is 17.3 Å². The second kappa shape index (κ2) is 5.99. The third kappa shape index (κ3) is 2.62. The summed E-state index contributed by atoms with van der Waals surface area (Å²) < 4.78 is 0. The molecule has 0 saturated carbocycles. The quantitative estimate of drug-likeness (QED) is 0.787. The highest BCUT2D eigenvalue weighted by atomic mass is 16.2. The van der Waals surface area contributed by atoms with Crippen LogP contribution in [-0.2, 0) is 0 Å². The van der Waals surface area contributed by atoms with Gasteiger partial charge in [-0.15, -0.1) is 0 Å². The molecule has 2 amide bonds. The molecule has 1 aromatic heterocycles. The second-order valence-corrected chi connectivity index (χ2v) is 6.14. The Balaban J connectivity index is 1.78. The van der Waals surface area contributed by atoms with Gasteiger partial charge in [0.1, 0.15) is 5.82 Å². The van der Waals surface area contributed by atoms with E-state index in [-0.39, 0.29) is 11.6 Å². The van der Waals surface area contributed by atoms with Crippen molar-refractivity contribution in [2.45, 2.75) is 25.3 Å². The molecule has 1 fully saturated rings. The van der Waals surface area contributed by atoms with E-state index >= 15 is 0 Å². The van der Waals surface area contributed by atoms with Crippen LogP contribution in [0.5, 0.6) is 0 Å². The fourth-order valence-corrected chi connectivity index (χ4v) is 3.33. The van der Waals surface area contributed by atoms with Crippen molar-refractivity contribution in [1.29, 1.82) is 0 Å². The molecule has 0 aliphatic carbocycles. The summed E-state index contributed by atoms with van der Waals surface area (Å²) in [5, 5.41) is 5.48. The second-order valence-electron chi connectivity index (χ2n) is 6.14. The number of piperidine rings is 1. The summed E-state index contributed by atoms with van der Waals surface area (Å²) in [6.07, 6.45) is 3.37. The molecule has 7 heteroatoms. The normalized spacial score (nSPS) is 20.1. The minimum atomic E-state index is -0.499. The average Bonchev–Trinajstić information content (AvgIpc) is 2.62. The van der Waals surface area contributed by atoms with Crippen LogP contribution in [0, 0.1) is 0 Å². The molecular weight excluding hydrogens is 306 g/mol. The molecule has 2 aliphatic rings. The van der Waals surface area contributed by atoms with Gasteiger partial charge in [-0.05, 0) is 24.8 Å². The number of nitrogens with one attached hydrogen (secondary N) is 3. The minimum absolute atomic E-state index is 0.220. The van der Waals surface area contributed by atoms with E-state index in [2.05, 4.69) is 25.5 Å². The number of anilines is 2. The number of aromatic amines is 1. The van der Waals surface area contributed by atoms with Gasteiger partial charge in [0.2, 0.25) is 5.95 Å². The molecule has 124 valence electrons. The highest BCUT2D eigenvalue weighted by Crippen LogP contribution is 2.29. The Morgan fingerprint density at radius 2 is 1.79 bits per heavy atom. The van der Waals surface area contributed by atoms with Gasteiger partial charge in [-0.1, -0.05) is 30.3 Å². The van der Waals surface area contributed by atoms with Crippen LogP contribution in [0.3, 0.4) is 0 Å². The summed E-state index contributed by atoms with van der Waals surface area (Å²) in [6, 6.07) is 8.59. The van der Waals surface area contributed by atoms with Crippen LogP contribution in [0.25, 0.3) is 0 Å². The SMILES string of the molecule is O=C1Nc2nc(N3CCCCC3)[nH]c(=O)c2C(c2ccccc2)N1. The third-order valence-corrected chi connectivity index (χ3v) is 4.53. The molecule has 3 heterocycles. The van der Waals surface area contributed by atoms with Gasteiger partial charge >= 0.3 is 6.03 Å². The van der Waals surface area contributed by atoms with Gasteiger partial charge < -0.3 is 10.2 Å². The van der Waals surface area contributed by atoms with Crippen LogP contribution in [0.15, 0.2) is 35.1 Å². The summed E-state index contributed by atoms with van der Waals surface area (Å²) in [6.45, 7) is 1.74. The molecule has 4 rings (SSSR count). The monoisotopic (exact) mass is 325 g/mol. The maximum absolute atomic E-state index is 12.7. The van der Waals surface area contributed by atoms with Gasteiger partial charge in [0.05, 0.1) is 11.6 Å². The minimum Gasteiger partial charge on any atom is -0.342 e. The van der Waals surface area contributed by atoms with Crippen molar-refractivity contribution in [3.8, 4) is 0 Å². The van der Waals surface area contributed by atoms with Crippen LogP contribution in [0.1, 0.15) is 36.4 Å². The average molecular weight is 325 g/mol. The number of rotatable bonds is 2. The topological polar surface area (TPSA) is 90.1 Å². The van der Waals surface area contributed by atoms with Gasteiger partial charge in [-0.25, -0.2) is 4.79 Å². The van der Waals surface area contributed by atoms with Crippen molar-refractivity contribution in [2.75, 3.05) is 23.3 Å². The number of carbonyl (C=O) groups is 1. The van der Waals surface area contributed by atoms with Crippen molar-refractivity contribution >= 4 is 17.8 Å². The fraction of sp³-hybridized carbons (Fsp3) is 0.353. The van der Waals surface area contributed by atoms with Crippen LogP contribution in [0.4, 0.5) is 16.6 Å². The third-order valence-electron chi connectivity index (χ3n) is 4.53.